The minimum atomic E-state index is -1.58. The number of piperazine rings is 3. The van der Waals surface area contributed by atoms with Gasteiger partial charge in [0.15, 0.2) is 51.2 Å². The van der Waals surface area contributed by atoms with Crippen molar-refractivity contribution in [2.24, 2.45) is 0 Å². The van der Waals surface area contributed by atoms with Gasteiger partial charge in [-0.3, -0.25) is 14.4 Å². The first-order chi connectivity index (χ1) is 33.1. The molecule has 0 atom stereocenters. The van der Waals surface area contributed by atoms with Gasteiger partial charge in [-0.05, 0) is 39.0 Å². The normalized spacial score (nSPS) is 14.9. The molecule has 3 saturated heterocycles. The molecule has 0 saturated carbocycles. The summed E-state index contributed by atoms with van der Waals surface area (Å²) in [7, 11) is 0. The maximum Gasteiger partial charge on any atom is 3.00 e. The van der Waals surface area contributed by atoms with E-state index < -0.39 is 68.3 Å². The van der Waals surface area contributed by atoms with Crippen molar-refractivity contribution in [2.75, 3.05) is 93.2 Å². The number of rotatable bonds is 9. The van der Waals surface area contributed by atoms with E-state index in [1.807, 2.05) is 14.7 Å². The standard InChI is InChI=1S/3C15H17FN4O3.Ga/c3*1-2-19-8-10(15(22)23)12(21)9-7-11(16)14(18-13(9)19)20-5-3-17-4-6-20;/h3*7-8,17H,2-6H2,1H3,(H,22,23);/q;;;+3/p-3. The molecule has 9 rings (SSSR count). The largest absolute Gasteiger partial charge is 3.00 e. The van der Waals surface area contributed by atoms with Crippen LogP contribution < -0.4 is 62.3 Å². The number of nitrogens with zero attached hydrogens (tertiary/aromatic N) is 9. The minimum Gasteiger partial charge on any atom is -0.545 e. The first-order valence-corrected chi connectivity index (χ1v) is 22.3. The van der Waals surface area contributed by atoms with Crippen LogP contribution in [-0.4, -0.2) is 145 Å². The summed E-state index contributed by atoms with van der Waals surface area (Å²) in [4.78, 5) is 88.2. The average Bonchev–Trinajstić information content (AvgIpc) is 3.35. The molecular formula is C45H48F3GaN12O9. The Morgan fingerprint density at radius 3 is 0.914 bits per heavy atom. The first-order valence-electron chi connectivity index (χ1n) is 22.3. The molecule has 0 aliphatic carbocycles. The van der Waals surface area contributed by atoms with Crippen LogP contribution in [0.25, 0.3) is 33.1 Å². The number of carboxylic acids is 3. The summed E-state index contributed by atoms with van der Waals surface area (Å²) in [5.74, 6) is -6.08. The van der Waals surface area contributed by atoms with Gasteiger partial charge in [0.05, 0.1) is 50.8 Å². The second-order valence-electron chi connectivity index (χ2n) is 16.0. The average molecular weight is 1030 g/mol. The van der Waals surface area contributed by atoms with Crippen LogP contribution in [0.15, 0.2) is 51.2 Å². The van der Waals surface area contributed by atoms with E-state index in [1.54, 1.807) is 20.8 Å². The summed E-state index contributed by atoms with van der Waals surface area (Å²) in [6, 6.07) is 3.21. The van der Waals surface area contributed by atoms with Gasteiger partial charge in [0, 0.05) is 117 Å². The monoisotopic (exact) mass is 1030 g/mol. The summed E-state index contributed by atoms with van der Waals surface area (Å²) >= 11 is 0. The Balaban J connectivity index is 0.000000171. The molecule has 0 aromatic carbocycles. The summed E-state index contributed by atoms with van der Waals surface area (Å²) in [6.07, 6.45) is 3.60. The van der Waals surface area contributed by atoms with Crippen molar-refractivity contribution in [2.45, 2.75) is 40.4 Å². The van der Waals surface area contributed by atoms with Crippen LogP contribution in [0.4, 0.5) is 30.6 Å². The summed E-state index contributed by atoms with van der Waals surface area (Å²) in [5.41, 5.74) is -2.97. The van der Waals surface area contributed by atoms with E-state index in [2.05, 4.69) is 30.9 Å². The van der Waals surface area contributed by atoms with Crippen molar-refractivity contribution in [3.63, 3.8) is 0 Å². The van der Waals surface area contributed by atoms with Crippen LogP contribution in [0.1, 0.15) is 51.8 Å². The molecule has 3 N–H and O–H groups in total. The zero-order valence-electron chi connectivity index (χ0n) is 38.5. The molecule has 0 spiro atoms. The quantitative estimate of drug-likeness (QED) is 0.128. The van der Waals surface area contributed by atoms with Gasteiger partial charge in [-0.15, -0.1) is 0 Å². The SMILES string of the molecule is CCn1cc(C(=O)[O-])c(=O)c2cc(F)c(N3CCNCC3)nc21.CCn1cc(C(=O)[O-])c(=O)c2cc(F)c(N3CCNCC3)nc21.CCn1cc(C(=O)[O-])c(=O)c2cc(F)c(N3CCNCC3)nc21.[Ga+3]. The third kappa shape index (κ3) is 10.8. The number of fused-ring (bicyclic) bond motifs is 3. The second-order valence-corrected chi connectivity index (χ2v) is 16.0. The van der Waals surface area contributed by atoms with Crippen molar-refractivity contribution in [3.05, 3.63) is 102 Å². The Morgan fingerprint density at radius 2 is 0.714 bits per heavy atom. The van der Waals surface area contributed by atoms with Crippen LogP contribution in [0.3, 0.4) is 0 Å². The Kier molecular flexibility index (Phi) is 17.1. The number of carbonyl (C=O) groups is 3. The van der Waals surface area contributed by atoms with Crippen molar-refractivity contribution in [1.82, 2.24) is 44.6 Å². The fourth-order valence-electron chi connectivity index (χ4n) is 8.28. The van der Waals surface area contributed by atoms with Crippen molar-refractivity contribution < 1.29 is 42.9 Å². The maximum absolute atomic E-state index is 14.4. The summed E-state index contributed by atoms with van der Waals surface area (Å²) in [5, 5.41) is 42.6. The Hall–Kier alpha value is -6.80. The number of aromatic carboxylic acids is 3. The van der Waals surface area contributed by atoms with Gasteiger partial charge in [0.25, 0.3) is 0 Å². The minimum absolute atomic E-state index is 0. The molecule has 0 bridgehead atoms. The number of hydrogen-bond acceptors (Lipinski definition) is 18. The number of pyridine rings is 6. The molecule has 366 valence electrons. The predicted molar refractivity (Wildman–Crippen MR) is 249 cm³/mol. The number of aryl methyl sites for hydroxylation is 3. The molecule has 21 nitrogen and oxygen atoms in total. The maximum atomic E-state index is 14.4. The molecular weight excluding hydrogens is 979 g/mol. The number of nitrogens with one attached hydrogen (secondary N) is 3. The molecule has 3 fully saturated rings. The molecule has 0 unspecified atom stereocenters. The number of carbonyl (C=O) groups excluding carboxylic acids is 3. The number of hydrogen-bond donors (Lipinski definition) is 3. The zero-order valence-corrected chi connectivity index (χ0v) is 40.9. The van der Waals surface area contributed by atoms with Crippen molar-refractivity contribution >= 4 is 88.3 Å². The van der Waals surface area contributed by atoms with Gasteiger partial charge in [-0.2, -0.15) is 0 Å². The van der Waals surface area contributed by atoms with Gasteiger partial charge >= 0.3 is 19.8 Å². The molecule has 6 aromatic rings. The Labute approximate surface area is 409 Å². The number of aromatic nitrogens is 6. The van der Waals surface area contributed by atoms with Gasteiger partial charge in [0.1, 0.15) is 16.9 Å². The van der Waals surface area contributed by atoms with Crippen LogP contribution in [0.5, 0.6) is 0 Å². The molecule has 6 aromatic heterocycles. The van der Waals surface area contributed by atoms with E-state index in [4.69, 9.17) is 0 Å². The molecule has 25 heteroatoms. The molecule has 9 heterocycles. The fourth-order valence-corrected chi connectivity index (χ4v) is 8.28. The van der Waals surface area contributed by atoms with Crippen LogP contribution in [-0.2, 0) is 19.6 Å². The predicted octanol–water partition coefficient (Wildman–Crippen LogP) is -2.39. The Morgan fingerprint density at radius 1 is 0.486 bits per heavy atom. The number of carboxylic acid groups (broad SMARTS) is 3. The van der Waals surface area contributed by atoms with Crippen molar-refractivity contribution in [3.8, 4) is 0 Å². The van der Waals surface area contributed by atoms with E-state index in [1.165, 1.54) is 32.3 Å². The molecule has 0 radical (unpaired) electrons. The Bertz CT molecular complexity index is 2820. The molecule has 3 aliphatic rings. The second kappa shape index (κ2) is 22.7. The van der Waals surface area contributed by atoms with Gasteiger partial charge in [0.2, 0.25) is 0 Å². The molecule has 70 heavy (non-hydrogen) atoms. The van der Waals surface area contributed by atoms with Crippen LogP contribution in [0.2, 0.25) is 0 Å². The van der Waals surface area contributed by atoms with Crippen molar-refractivity contribution in [1.29, 1.82) is 0 Å². The van der Waals surface area contributed by atoms with E-state index in [0.29, 0.717) is 58.9 Å². The van der Waals surface area contributed by atoms with E-state index in [-0.39, 0.29) is 70.3 Å². The summed E-state index contributed by atoms with van der Waals surface area (Å²) in [6.45, 7) is 14.6. The summed E-state index contributed by atoms with van der Waals surface area (Å²) < 4.78 is 47.8. The fraction of sp³-hybridized carbons (Fsp3) is 0.400. The zero-order chi connectivity index (χ0) is 49.7. The number of halogens is 3. The van der Waals surface area contributed by atoms with E-state index in [0.717, 1.165) is 57.5 Å². The first kappa shape index (κ1) is 52.6. The van der Waals surface area contributed by atoms with Gasteiger partial charge in [-0.1, -0.05) is 0 Å². The van der Waals surface area contributed by atoms with Crippen LogP contribution >= 0.6 is 0 Å². The van der Waals surface area contributed by atoms with Gasteiger partial charge < -0.3 is 74.1 Å². The topological polar surface area (TPSA) is 271 Å². The van der Waals surface area contributed by atoms with E-state index in [9.17, 15) is 57.3 Å². The molecule has 0 amide bonds. The van der Waals surface area contributed by atoms with Gasteiger partial charge in [-0.25, -0.2) is 28.1 Å². The third-order valence-corrected chi connectivity index (χ3v) is 11.9. The third-order valence-electron chi connectivity index (χ3n) is 11.9. The van der Waals surface area contributed by atoms with E-state index >= 15 is 0 Å². The molecule has 3 aliphatic heterocycles. The number of anilines is 3. The smallest absolute Gasteiger partial charge is 0.545 e. The van der Waals surface area contributed by atoms with Crippen LogP contribution in [0, 0.1) is 17.5 Å².